The maximum atomic E-state index is 6.04. The average Bonchev–Trinajstić information content (AvgIpc) is 2.51. The largest absolute Gasteiger partial charge is 0.380 e. The van der Waals surface area contributed by atoms with Crippen molar-refractivity contribution < 1.29 is 4.74 Å². The lowest BCUT2D eigenvalue weighted by Crippen LogP contribution is -2.28. The van der Waals surface area contributed by atoms with Crippen molar-refractivity contribution >= 4 is 35.6 Å². The molecular formula is C17H30IN3O. The topological polar surface area (TPSA) is 59.6 Å². The highest BCUT2D eigenvalue weighted by atomic mass is 127. The van der Waals surface area contributed by atoms with E-state index in [1.807, 2.05) is 24.3 Å². The van der Waals surface area contributed by atoms with E-state index in [9.17, 15) is 0 Å². The van der Waals surface area contributed by atoms with Crippen molar-refractivity contribution in [1.29, 1.82) is 0 Å². The molecule has 0 saturated heterocycles. The number of nitrogens with zero attached hydrogens (tertiary/aromatic N) is 1. The van der Waals surface area contributed by atoms with E-state index in [-0.39, 0.29) is 29.4 Å². The zero-order valence-electron chi connectivity index (χ0n) is 14.2. The lowest BCUT2D eigenvalue weighted by molar-refractivity contribution is 0.185. The molecule has 0 fully saturated rings. The van der Waals surface area contributed by atoms with E-state index < -0.39 is 0 Å². The summed E-state index contributed by atoms with van der Waals surface area (Å²) >= 11 is 0. The molecule has 0 aliphatic heterocycles. The summed E-state index contributed by atoms with van der Waals surface area (Å²) in [5, 5.41) is 3.19. The molecule has 22 heavy (non-hydrogen) atoms. The Bertz CT molecular complexity index is 451. The summed E-state index contributed by atoms with van der Waals surface area (Å²) in [7, 11) is 1.69. The molecule has 0 aliphatic rings. The fourth-order valence-electron chi connectivity index (χ4n) is 2.44. The highest BCUT2D eigenvalue weighted by molar-refractivity contribution is 14.0. The minimum absolute atomic E-state index is 0. The van der Waals surface area contributed by atoms with E-state index in [0.29, 0.717) is 12.6 Å². The molecule has 0 bridgehead atoms. The van der Waals surface area contributed by atoms with Crippen LogP contribution < -0.4 is 11.1 Å². The van der Waals surface area contributed by atoms with Gasteiger partial charge in [-0.25, -0.2) is 0 Å². The van der Waals surface area contributed by atoms with Gasteiger partial charge in [0.05, 0.1) is 6.61 Å². The van der Waals surface area contributed by atoms with Crippen LogP contribution >= 0.6 is 24.0 Å². The second-order valence-electron chi connectivity index (χ2n) is 5.48. The van der Waals surface area contributed by atoms with Crippen molar-refractivity contribution in [2.75, 3.05) is 19.0 Å². The third-order valence-corrected chi connectivity index (χ3v) is 4.41. The Kier molecular flexibility index (Phi) is 10.4. The lowest BCUT2D eigenvalue weighted by Gasteiger charge is -2.28. The molecule has 3 N–H and O–H groups in total. The Hall–Kier alpha value is -0.820. The summed E-state index contributed by atoms with van der Waals surface area (Å²) < 4.78 is 5.20. The van der Waals surface area contributed by atoms with Crippen molar-refractivity contribution in [1.82, 2.24) is 0 Å². The number of rotatable bonds is 8. The van der Waals surface area contributed by atoms with Crippen LogP contribution in [-0.2, 0) is 11.3 Å². The van der Waals surface area contributed by atoms with Gasteiger partial charge < -0.3 is 15.8 Å². The molecule has 0 amide bonds. The van der Waals surface area contributed by atoms with E-state index in [1.54, 1.807) is 7.11 Å². The Morgan fingerprint density at radius 2 is 1.77 bits per heavy atom. The zero-order chi connectivity index (χ0) is 15.7. The van der Waals surface area contributed by atoms with E-state index >= 15 is 0 Å². The second kappa shape index (κ2) is 10.8. The molecule has 4 nitrogen and oxygen atoms in total. The van der Waals surface area contributed by atoms with Gasteiger partial charge >= 0.3 is 0 Å². The summed E-state index contributed by atoms with van der Waals surface area (Å²) in [5.41, 5.74) is 8.33. The third kappa shape index (κ3) is 6.12. The number of nitrogens with two attached hydrogens (primary N) is 1. The average molecular weight is 419 g/mol. The van der Waals surface area contributed by atoms with Crippen molar-refractivity contribution in [2.45, 2.75) is 46.6 Å². The number of anilines is 1. The minimum Gasteiger partial charge on any atom is -0.380 e. The normalized spacial score (nSPS) is 11.9. The molecule has 0 aliphatic carbocycles. The number of ether oxygens (including phenoxy) is 1. The first kappa shape index (κ1) is 21.2. The summed E-state index contributed by atoms with van der Waals surface area (Å²) in [6.07, 6.45) is 3.37. The van der Waals surface area contributed by atoms with Gasteiger partial charge in [-0.15, -0.1) is 24.0 Å². The van der Waals surface area contributed by atoms with Crippen LogP contribution in [0.5, 0.6) is 0 Å². The molecular weight excluding hydrogens is 389 g/mol. The Labute approximate surface area is 151 Å². The summed E-state index contributed by atoms with van der Waals surface area (Å²) in [6.45, 7) is 7.99. The van der Waals surface area contributed by atoms with Crippen LogP contribution in [0.15, 0.2) is 29.3 Å². The highest BCUT2D eigenvalue weighted by Gasteiger charge is 2.23. The maximum Gasteiger partial charge on any atom is 0.193 e. The van der Waals surface area contributed by atoms with E-state index in [0.717, 1.165) is 37.1 Å². The van der Waals surface area contributed by atoms with Gasteiger partial charge in [0, 0.05) is 24.9 Å². The first-order valence-electron chi connectivity index (χ1n) is 7.74. The number of nitrogens with one attached hydrogen (secondary N) is 1. The van der Waals surface area contributed by atoms with E-state index in [4.69, 9.17) is 10.5 Å². The zero-order valence-corrected chi connectivity index (χ0v) is 16.5. The highest BCUT2D eigenvalue weighted by Crippen LogP contribution is 2.30. The van der Waals surface area contributed by atoms with E-state index in [2.05, 4.69) is 31.1 Å². The van der Waals surface area contributed by atoms with Gasteiger partial charge in [0.25, 0.3) is 0 Å². The maximum absolute atomic E-state index is 6.04. The predicted molar refractivity (Wildman–Crippen MR) is 106 cm³/mol. The molecule has 1 rings (SSSR count). The number of guanidine groups is 1. The van der Waals surface area contributed by atoms with Crippen LogP contribution in [0.25, 0.3) is 0 Å². The summed E-state index contributed by atoms with van der Waals surface area (Å²) in [5.74, 6) is 0.471. The standard InChI is InChI=1S/C17H29N3O.HI/c1-5-17(6-2,7-3)13-19-16(18)20-15-11-9-8-10-14(15)12-21-4;/h8-11H,5-7,12-13H2,1-4H3,(H3,18,19,20);1H. The SMILES string of the molecule is CCC(CC)(CC)CN=C(N)Nc1ccccc1COC.I. The second-order valence-corrected chi connectivity index (χ2v) is 5.48. The van der Waals surface area contributed by atoms with Crippen LogP contribution in [0.3, 0.4) is 0 Å². The molecule has 0 radical (unpaired) electrons. The van der Waals surface area contributed by atoms with Crippen LogP contribution in [0.2, 0.25) is 0 Å². The molecule has 5 heteroatoms. The number of aliphatic imine (C=N–C) groups is 1. The van der Waals surface area contributed by atoms with Crippen molar-refractivity contribution in [3.8, 4) is 0 Å². The van der Waals surface area contributed by atoms with Gasteiger partial charge in [-0.3, -0.25) is 4.99 Å². The number of hydrogen-bond acceptors (Lipinski definition) is 2. The van der Waals surface area contributed by atoms with Crippen LogP contribution in [-0.4, -0.2) is 19.6 Å². The minimum atomic E-state index is 0. The quantitative estimate of drug-likeness (QED) is 0.373. The fourth-order valence-corrected chi connectivity index (χ4v) is 2.44. The first-order valence-corrected chi connectivity index (χ1v) is 7.74. The van der Waals surface area contributed by atoms with Gasteiger partial charge in [0.2, 0.25) is 0 Å². The molecule has 126 valence electrons. The number of methoxy groups -OCH3 is 1. The number of halogens is 1. The molecule has 0 spiro atoms. The fraction of sp³-hybridized carbons (Fsp3) is 0.588. The molecule has 0 unspecified atom stereocenters. The van der Waals surface area contributed by atoms with E-state index in [1.165, 1.54) is 0 Å². The van der Waals surface area contributed by atoms with Crippen LogP contribution in [0, 0.1) is 5.41 Å². The van der Waals surface area contributed by atoms with Gasteiger partial charge in [0.15, 0.2) is 5.96 Å². The summed E-state index contributed by atoms with van der Waals surface area (Å²) in [6, 6.07) is 7.98. The smallest absolute Gasteiger partial charge is 0.193 e. The van der Waals surface area contributed by atoms with Crippen molar-refractivity contribution in [2.24, 2.45) is 16.1 Å². The van der Waals surface area contributed by atoms with Gasteiger partial charge in [0.1, 0.15) is 0 Å². The predicted octanol–water partition coefficient (Wildman–Crippen LogP) is 4.39. The monoisotopic (exact) mass is 419 g/mol. The van der Waals surface area contributed by atoms with Crippen LogP contribution in [0.4, 0.5) is 5.69 Å². The molecule has 0 heterocycles. The molecule has 0 aromatic heterocycles. The first-order chi connectivity index (χ1) is 10.1. The Morgan fingerprint density at radius 1 is 1.18 bits per heavy atom. The molecule has 0 atom stereocenters. The Balaban J connectivity index is 0.00000441. The molecule has 1 aromatic rings. The molecule has 0 saturated carbocycles. The van der Waals surface area contributed by atoms with Crippen molar-refractivity contribution in [3.05, 3.63) is 29.8 Å². The van der Waals surface area contributed by atoms with Gasteiger partial charge in [-0.1, -0.05) is 39.0 Å². The number of benzene rings is 1. The van der Waals surface area contributed by atoms with Crippen LogP contribution in [0.1, 0.15) is 45.6 Å². The third-order valence-electron chi connectivity index (χ3n) is 4.41. The molecule has 1 aromatic carbocycles. The lowest BCUT2D eigenvalue weighted by atomic mass is 9.80. The number of para-hydroxylation sites is 1. The Morgan fingerprint density at radius 3 is 2.32 bits per heavy atom. The number of hydrogen-bond donors (Lipinski definition) is 2. The van der Waals surface area contributed by atoms with Crippen molar-refractivity contribution in [3.63, 3.8) is 0 Å². The summed E-state index contributed by atoms with van der Waals surface area (Å²) in [4.78, 5) is 4.55. The van der Waals surface area contributed by atoms with Gasteiger partial charge in [-0.05, 0) is 30.7 Å². The van der Waals surface area contributed by atoms with Gasteiger partial charge in [-0.2, -0.15) is 0 Å².